The van der Waals surface area contributed by atoms with Crippen LogP contribution in [0.1, 0.15) is 40.3 Å². The summed E-state index contributed by atoms with van der Waals surface area (Å²) in [5.74, 6) is -0.0430. The van der Waals surface area contributed by atoms with Gasteiger partial charge in [0.1, 0.15) is 5.82 Å². The average Bonchev–Trinajstić information content (AvgIpc) is 2.89. The Morgan fingerprint density at radius 2 is 1.72 bits per heavy atom. The van der Waals surface area contributed by atoms with Gasteiger partial charge in [-0.2, -0.15) is 9.65 Å². The topological polar surface area (TPSA) is 84.2 Å². The number of carbonyl (C=O) groups excluding carboxylic acids is 1. The number of carbonyl (C=O) groups is 1. The fourth-order valence-corrected chi connectivity index (χ4v) is 3.66. The number of hydrogen-bond donors (Lipinski definition) is 2. The first-order chi connectivity index (χ1) is 11.4. The zero-order chi connectivity index (χ0) is 19.0. The predicted octanol–water partition coefficient (Wildman–Crippen LogP) is 3.47. The van der Waals surface area contributed by atoms with Crippen LogP contribution in [0.15, 0.2) is 41.3 Å². The van der Waals surface area contributed by atoms with E-state index in [1.807, 2.05) is 20.8 Å². The van der Waals surface area contributed by atoms with Gasteiger partial charge >= 0.3 is 0 Å². The zero-order valence-electron chi connectivity index (χ0n) is 15.5. The third-order valence-corrected chi connectivity index (χ3v) is 6.67. The molecule has 0 radical (unpaired) electrons. The van der Waals surface area contributed by atoms with E-state index < -0.39 is 20.9 Å². The van der Waals surface area contributed by atoms with Crippen LogP contribution >= 0.6 is 0 Å². The first kappa shape index (κ1) is 19.3. The molecule has 0 bridgehead atoms. The molecule has 1 aromatic carbocycles. The number of aryl methyl sites for hydroxylation is 1. The number of hydrogen-bond acceptors (Lipinski definition) is 3. The van der Waals surface area contributed by atoms with E-state index >= 15 is 0 Å². The maximum absolute atomic E-state index is 13.0. The minimum Gasteiger partial charge on any atom is -0.306 e. The molecule has 0 fully saturated rings. The van der Waals surface area contributed by atoms with Crippen LogP contribution in [0.2, 0.25) is 0 Å². The van der Waals surface area contributed by atoms with Gasteiger partial charge in [0.15, 0.2) is 4.90 Å². The Morgan fingerprint density at radius 3 is 2.20 bits per heavy atom. The lowest BCUT2D eigenvalue weighted by molar-refractivity contribution is -0.118. The van der Waals surface area contributed by atoms with Crippen LogP contribution < -0.4 is 5.32 Å². The lowest BCUT2D eigenvalue weighted by Crippen LogP contribution is -2.48. The molecule has 2 N–H and O–H groups in total. The van der Waals surface area contributed by atoms with E-state index in [4.69, 9.17) is 0 Å². The number of nitrogens with zero attached hydrogens (tertiary/aromatic N) is 2. The third-order valence-electron chi connectivity index (χ3n) is 4.19. The van der Waals surface area contributed by atoms with E-state index in [2.05, 4.69) is 10.4 Å². The van der Waals surface area contributed by atoms with Gasteiger partial charge in [-0.1, -0.05) is 43.2 Å². The average molecular weight is 364 g/mol. The van der Waals surface area contributed by atoms with Crippen molar-refractivity contribution in [1.82, 2.24) is 9.78 Å². The van der Waals surface area contributed by atoms with Crippen molar-refractivity contribution in [3.8, 4) is 0 Å². The molecule has 0 aliphatic rings. The summed E-state index contributed by atoms with van der Waals surface area (Å²) in [6, 6.07) is 10.0. The molecule has 1 unspecified atom stereocenters. The minimum atomic E-state index is -3.58. The Kier molecular flexibility index (Phi) is 4.94. The van der Waals surface area contributed by atoms with E-state index in [1.54, 1.807) is 48.1 Å². The molecule has 0 aliphatic heterocycles. The molecular weight excluding hydrogens is 338 g/mol. The molecule has 2 aromatic rings. The highest BCUT2D eigenvalue weighted by Crippen LogP contribution is 2.32. The third kappa shape index (κ3) is 3.67. The number of aromatic nitrogens is 2. The molecule has 0 saturated heterocycles. The molecule has 0 aliphatic carbocycles. The molecule has 6 nitrogen and oxygen atoms in total. The van der Waals surface area contributed by atoms with Crippen LogP contribution in [0.3, 0.4) is 0 Å². The van der Waals surface area contributed by atoms with E-state index in [1.165, 1.54) is 13.8 Å². The van der Waals surface area contributed by atoms with Crippen LogP contribution in [0, 0.1) is 0 Å². The molecule has 1 atom stereocenters. The smallest absolute Gasteiger partial charge is 0.284 e. The number of benzene rings is 1. The Bertz CT molecular complexity index is 820. The maximum atomic E-state index is 13.0. The highest BCUT2D eigenvalue weighted by molar-refractivity contribution is 7.99. The molecule has 1 amide bonds. The van der Waals surface area contributed by atoms with Crippen molar-refractivity contribution in [2.24, 2.45) is 7.05 Å². The molecule has 2 rings (SSSR count). The fraction of sp³-hybridized carbons (Fsp3) is 0.444. The van der Waals surface area contributed by atoms with E-state index in [0.717, 1.165) is 5.69 Å². The van der Waals surface area contributed by atoms with Gasteiger partial charge in [0, 0.05) is 18.5 Å². The first-order valence-electron chi connectivity index (χ1n) is 8.04. The first-order valence-corrected chi connectivity index (χ1v) is 9.56. The number of rotatable bonds is 4. The standard InChI is InChI=1S/C18H25N3O3S/c1-17(2,3)14-12-15(21(6)20-14)19-16(22)18(4,5)25(23,24)13-10-8-7-9-11-13/h7-12H,1-6H3,(H-,19,20,22,23,24)/p+1. The number of anilines is 1. The Balaban J connectivity index is 2.31. The fourth-order valence-electron chi connectivity index (χ4n) is 2.24. The van der Waals surface area contributed by atoms with Gasteiger partial charge in [0.05, 0.1) is 5.69 Å². The Labute approximate surface area is 149 Å². The van der Waals surface area contributed by atoms with Gasteiger partial charge < -0.3 is 5.32 Å². The maximum Gasteiger partial charge on any atom is 0.284 e. The lowest BCUT2D eigenvalue weighted by atomic mass is 9.92. The van der Waals surface area contributed by atoms with E-state index in [-0.39, 0.29) is 10.3 Å². The molecule has 136 valence electrons. The molecule has 7 heteroatoms. The number of nitrogens with one attached hydrogen (secondary N) is 1. The van der Waals surface area contributed by atoms with Gasteiger partial charge in [-0.25, -0.2) is 0 Å². The van der Waals surface area contributed by atoms with Gasteiger partial charge in [-0.05, 0) is 26.0 Å². The number of amides is 1. The second-order valence-corrected chi connectivity index (χ2v) is 10.1. The highest BCUT2D eigenvalue weighted by atomic mass is 32.3. The Hall–Kier alpha value is -1.99. The van der Waals surface area contributed by atoms with Crippen molar-refractivity contribution in [2.45, 2.75) is 49.7 Å². The van der Waals surface area contributed by atoms with Crippen molar-refractivity contribution in [1.29, 1.82) is 0 Å². The van der Waals surface area contributed by atoms with E-state index in [0.29, 0.717) is 5.82 Å². The Morgan fingerprint density at radius 1 is 1.16 bits per heavy atom. The molecule has 0 spiro atoms. The SMILES string of the molecule is Cn1nc(C(C)(C)C)cc1NC(=O)C(C)(C)[S+](=O)(O)c1ccccc1. The quantitative estimate of drug-likeness (QED) is 0.814. The summed E-state index contributed by atoms with van der Waals surface area (Å²) in [4.78, 5) is 13.0. The van der Waals surface area contributed by atoms with Crippen molar-refractivity contribution < 1.29 is 13.6 Å². The normalized spacial score (nSPS) is 14.8. The van der Waals surface area contributed by atoms with Crippen LogP contribution in [0.4, 0.5) is 5.82 Å². The van der Waals surface area contributed by atoms with Crippen LogP contribution in [-0.2, 0) is 31.7 Å². The second-order valence-electron chi connectivity index (χ2n) is 7.59. The molecule has 1 aromatic heterocycles. The van der Waals surface area contributed by atoms with Crippen LogP contribution in [0.5, 0.6) is 0 Å². The van der Waals surface area contributed by atoms with Crippen LogP contribution in [0.25, 0.3) is 0 Å². The van der Waals surface area contributed by atoms with Gasteiger partial charge in [-0.3, -0.25) is 9.48 Å². The lowest BCUT2D eigenvalue weighted by Gasteiger charge is -2.22. The summed E-state index contributed by atoms with van der Waals surface area (Å²) >= 11 is 0. The summed E-state index contributed by atoms with van der Waals surface area (Å²) in [7, 11) is -1.86. The summed E-state index contributed by atoms with van der Waals surface area (Å²) in [5.41, 5.74) is 0.668. The van der Waals surface area contributed by atoms with Crippen LogP contribution in [-0.4, -0.2) is 25.0 Å². The largest absolute Gasteiger partial charge is 0.306 e. The van der Waals surface area contributed by atoms with Crippen molar-refractivity contribution >= 4 is 21.9 Å². The van der Waals surface area contributed by atoms with Gasteiger partial charge in [0.25, 0.3) is 16.1 Å². The predicted molar refractivity (Wildman–Crippen MR) is 100 cm³/mol. The zero-order valence-corrected chi connectivity index (χ0v) is 16.3. The summed E-state index contributed by atoms with van der Waals surface area (Å²) in [6.07, 6.45) is 0. The molecule has 1 heterocycles. The van der Waals surface area contributed by atoms with Gasteiger partial charge in [-0.15, -0.1) is 0 Å². The summed E-state index contributed by atoms with van der Waals surface area (Å²) < 4.78 is 23.6. The second kappa shape index (κ2) is 6.38. The molecule has 0 saturated carbocycles. The minimum absolute atomic E-state index is 0.162. The summed E-state index contributed by atoms with van der Waals surface area (Å²) in [6.45, 7) is 9.03. The van der Waals surface area contributed by atoms with Crippen molar-refractivity contribution in [3.05, 3.63) is 42.1 Å². The van der Waals surface area contributed by atoms with Gasteiger partial charge in [0.2, 0.25) is 4.75 Å². The van der Waals surface area contributed by atoms with Crippen molar-refractivity contribution in [3.63, 3.8) is 0 Å². The van der Waals surface area contributed by atoms with E-state index in [9.17, 15) is 13.6 Å². The molecule has 25 heavy (non-hydrogen) atoms. The highest BCUT2D eigenvalue weighted by Gasteiger charge is 2.54. The monoisotopic (exact) mass is 364 g/mol. The summed E-state index contributed by atoms with van der Waals surface area (Å²) in [5, 5.41) is 7.15. The van der Waals surface area contributed by atoms with Crippen molar-refractivity contribution in [2.75, 3.05) is 5.32 Å². The molecular formula is C18H26N3O3S+.